The van der Waals surface area contributed by atoms with Gasteiger partial charge in [-0.3, -0.25) is 9.69 Å². The largest absolute Gasteiger partial charge is 0.296 e. The zero-order valence-electron chi connectivity index (χ0n) is 9.41. The van der Waals surface area contributed by atoms with E-state index in [0.29, 0.717) is 12.6 Å². The number of ketones is 1. The van der Waals surface area contributed by atoms with Gasteiger partial charge >= 0.3 is 0 Å². The zero-order valence-corrected chi connectivity index (χ0v) is 11.8. The first kappa shape index (κ1) is 12.3. The van der Waals surface area contributed by atoms with Crippen molar-refractivity contribution in [1.29, 1.82) is 0 Å². The number of likely N-dealkylation sites (N-methyl/N-ethyl adjacent to an activating group) is 1. The van der Waals surface area contributed by atoms with Gasteiger partial charge in [-0.05, 0) is 47.3 Å². The molecule has 16 heavy (non-hydrogen) atoms. The van der Waals surface area contributed by atoms with Crippen LogP contribution >= 0.6 is 27.3 Å². The molecule has 1 aliphatic carbocycles. The maximum absolute atomic E-state index is 12.0. The summed E-state index contributed by atoms with van der Waals surface area (Å²) in [4.78, 5) is 15.1. The number of hydrogen-bond donors (Lipinski definition) is 0. The lowest BCUT2D eigenvalue weighted by molar-refractivity contribution is 0.0924. The average molecular weight is 302 g/mol. The van der Waals surface area contributed by atoms with E-state index in [4.69, 9.17) is 0 Å². The van der Waals surface area contributed by atoms with Gasteiger partial charge in [-0.15, -0.1) is 11.3 Å². The molecule has 1 aliphatic rings. The van der Waals surface area contributed by atoms with Crippen LogP contribution in [-0.2, 0) is 0 Å². The minimum absolute atomic E-state index is 0.233. The molecule has 2 rings (SSSR count). The van der Waals surface area contributed by atoms with Crippen LogP contribution in [0.4, 0.5) is 0 Å². The van der Waals surface area contributed by atoms with Gasteiger partial charge in [-0.1, -0.05) is 12.8 Å². The number of carbonyl (C=O) groups excluding carboxylic acids is 1. The van der Waals surface area contributed by atoms with Gasteiger partial charge in [0.05, 0.1) is 11.4 Å². The summed E-state index contributed by atoms with van der Waals surface area (Å²) >= 11 is 4.93. The second kappa shape index (κ2) is 5.43. The Morgan fingerprint density at radius 1 is 1.56 bits per heavy atom. The molecule has 4 heteroatoms. The highest BCUT2D eigenvalue weighted by molar-refractivity contribution is 9.10. The molecule has 88 valence electrons. The van der Waals surface area contributed by atoms with Crippen LogP contribution in [0.5, 0.6) is 0 Å². The fourth-order valence-corrected chi connectivity index (χ4v) is 3.79. The Morgan fingerprint density at radius 2 is 2.25 bits per heavy atom. The third kappa shape index (κ3) is 2.73. The van der Waals surface area contributed by atoms with Crippen LogP contribution in [0.3, 0.4) is 0 Å². The Kier molecular flexibility index (Phi) is 4.16. The molecule has 0 saturated heterocycles. The number of Topliss-reactive ketones (excluding diaryl/α,β-unsaturated/α-hetero) is 1. The summed E-state index contributed by atoms with van der Waals surface area (Å²) in [5, 5.41) is 1.95. The molecule has 1 heterocycles. The monoisotopic (exact) mass is 301 g/mol. The maximum atomic E-state index is 12.0. The maximum Gasteiger partial charge on any atom is 0.187 e. The number of halogens is 1. The van der Waals surface area contributed by atoms with E-state index in [1.807, 2.05) is 11.4 Å². The van der Waals surface area contributed by atoms with Crippen molar-refractivity contribution in [2.45, 2.75) is 31.7 Å². The zero-order chi connectivity index (χ0) is 11.5. The molecular formula is C12H16BrNOS. The first-order chi connectivity index (χ1) is 7.68. The number of carbonyl (C=O) groups is 1. The van der Waals surface area contributed by atoms with E-state index < -0.39 is 0 Å². The number of nitrogens with zero attached hydrogens (tertiary/aromatic N) is 1. The number of thiophene rings is 1. The van der Waals surface area contributed by atoms with E-state index >= 15 is 0 Å². The SMILES string of the molecule is CN(CC(=O)c1sccc1Br)C1CCCC1. The summed E-state index contributed by atoms with van der Waals surface area (Å²) in [6.07, 6.45) is 5.11. The highest BCUT2D eigenvalue weighted by Gasteiger charge is 2.22. The van der Waals surface area contributed by atoms with Gasteiger partial charge in [0, 0.05) is 10.5 Å². The predicted molar refractivity (Wildman–Crippen MR) is 71.2 cm³/mol. The van der Waals surface area contributed by atoms with E-state index in [0.717, 1.165) is 9.35 Å². The summed E-state index contributed by atoms with van der Waals surface area (Å²) in [5.74, 6) is 0.233. The summed E-state index contributed by atoms with van der Waals surface area (Å²) in [6, 6.07) is 2.55. The van der Waals surface area contributed by atoms with Crippen LogP contribution in [0.15, 0.2) is 15.9 Å². The van der Waals surface area contributed by atoms with Gasteiger partial charge in [0.2, 0.25) is 0 Å². The molecular weight excluding hydrogens is 286 g/mol. The Morgan fingerprint density at radius 3 is 2.81 bits per heavy atom. The Bertz CT molecular complexity index is 371. The topological polar surface area (TPSA) is 20.3 Å². The molecule has 1 fully saturated rings. The highest BCUT2D eigenvalue weighted by atomic mass is 79.9. The predicted octanol–water partition coefficient (Wildman–Crippen LogP) is 3.57. The molecule has 1 saturated carbocycles. The van der Waals surface area contributed by atoms with Gasteiger partial charge in [-0.25, -0.2) is 0 Å². The van der Waals surface area contributed by atoms with Crippen molar-refractivity contribution >= 4 is 33.0 Å². The molecule has 0 aromatic carbocycles. The van der Waals surface area contributed by atoms with E-state index in [1.165, 1.54) is 37.0 Å². The fourth-order valence-electron chi connectivity index (χ4n) is 2.27. The van der Waals surface area contributed by atoms with Crippen molar-refractivity contribution in [2.24, 2.45) is 0 Å². The van der Waals surface area contributed by atoms with Crippen molar-refractivity contribution in [1.82, 2.24) is 4.90 Å². The Balaban J connectivity index is 1.94. The first-order valence-electron chi connectivity index (χ1n) is 5.65. The quantitative estimate of drug-likeness (QED) is 0.793. The van der Waals surface area contributed by atoms with Crippen LogP contribution in [0.25, 0.3) is 0 Å². The molecule has 0 spiro atoms. The molecule has 0 atom stereocenters. The van der Waals surface area contributed by atoms with Gasteiger partial charge in [0.1, 0.15) is 0 Å². The highest BCUT2D eigenvalue weighted by Crippen LogP contribution is 2.25. The number of rotatable bonds is 4. The molecule has 0 unspecified atom stereocenters. The minimum atomic E-state index is 0.233. The van der Waals surface area contributed by atoms with Gasteiger partial charge in [0.25, 0.3) is 0 Å². The van der Waals surface area contributed by atoms with Crippen LogP contribution in [0, 0.1) is 0 Å². The van der Waals surface area contributed by atoms with Gasteiger partial charge in [-0.2, -0.15) is 0 Å². The van der Waals surface area contributed by atoms with E-state index in [9.17, 15) is 4.79 Å². The third-order valence-corrected chi connectivity index (χ3v) is 5.09. The molecule has 1 aromatic rings. The molecule has 0 aliphatic heterocycles. The lowest BCUT2D eigenvalue weighted by Gasteiger charge is -2.22. The van der Waals surface area contributed by atoms with Crippen LogP contribution < -0.4 is 0 Å². The molecule has 0 bridgehead atoms. The average Bonchev–Trinajstić information content (AvgIpc) is 2.86. The second-order valence-corrected chi connectivity index (χ2v) is 6.14. The molecule has 0 N–H and O–H groups in total. The van der Waals surface area contributed by atoms with Gasteiger partial charge in [0.15, 0.2) is 5.78 Å². The van der Waals surface area contributed by atoms with E-state index in [-0.39, 0.29) is 5.78 Å². The standard InChI is InChI=1S/C12H16BrNOS/c1-14(9-4-2-3-5-9)8-11(15)12-10(13)6-7-16-12/h6-7,9H,2-5,8H2,1H3. The summed E-state index contributed by atoms with van der Waals surface area (Å²) in [5.41, 5.74) is 0. The van der Waals surface area contributed by atoms with Crippen LogP contribution in [0.1, 0.15) is 35.4 Å². The summed E-state index contributed by atoms with van der Waals surface area (Å²) in [7, 11) is 2.06. The molecule has 0 amide bonds. The van der Waals surface area contributed by atoms with Crippen molar-refractivity contribution in [3.8, 4) is 0 Å². The summed E-state index contributed by atoms with van der Waals surface area (Å²) < 4.78 is 0.933. The van der Waals surface area contributed by atoms with Crippen LogP contribution in [0.2, 0.25) is 0 Å². The van der Waals surface area contributed by atoms with E-state index in [1.54, 1.807) is 0 Å². The Labute approximate surface area is 109 Å². The third-order valence-electron chi connectivity index (χ3n) is 3.21. The fraction of sp³-hybridized carbons (Fsp3) is 0.583. The van der Waals surface area contributed by atoms with Crippen molar-refractivity contribution in [3.63, 3.8) is 0 Å². The minimum Gasteiger partial charge on any atom is -0.296 e. The lowest BCUT2D eigenvalue weighted by atomic mass is 10.2. The normalized spacial score (nSPS) is 17.2. The van der Waals surface area contributed by atoms with E-state index in [2.05, 4.69) is 27.9 Å². The van der Waals surface area contributed by atoms with Crippen molar-refractivity contribution < 1.29 is 4.79 Å². The van der Waals surface area contributed by atoms with Crippen molar-refractivity contribution in [3.05, 3.63) is 20.8 Å². The first-order valence-corrected chi connectivity index (χ1v) is 7.32. The molecule has 0 radical (unpaired) electrons. The lowest BCUT2D eigenvalue weighted by Crippen LogP contribution is -2.33. The Hall–Kier alpha value is -0.190. The van der Waals surface area contributed by atoms with Gasteiger partial charge < -0.3 is 0 Å². The molecule has 2 nitrogen and oxygen atoms in total. The second-order valence-electron chi connectivity index (χ2n) is 4.37. The van der Waals surface area contributed by atoms with Crippen LogP contribution in [-0.4, -0.2) is 30.3 Å². The smallest absolute Gasteiger partial charge is 0.187 e. The number of hydrogen-bond acceptors (Lipinski definition) is 3. The summed E-state index contributed by atoms with van der Waals surface area (Å²) in [6.45, 7) is 0.545. The molecule has 1 aromatic heterocycles. The van der Waals surface area contributed by atoms with Crippen molar-refractivity contribution in [2.75, 3.05) is 13.6 Å².